The van der Waals surface area contributed by atoms with Crippen LogP contribution in [-0.4, -0.2) is 22.6 Å². The van der Waals surface area contributed by atoms with Crippen LogP contribution >= 0.6 is 11.3 Å². The Balaban J connectivity index is 2.15. The molecule has 0 aliphatic carbocycles. The molecule has 2 aromatic rings. The smallest absolute Gasteiger partial charge is 0.252 e. The van der Waals surface area contributed by atoms with E-state index in [0.717, 1.165) is 34.7 Å². The first-order valence-electron chi connectivity index (χ1n) is 4.74. The molecule has 1 aliphatic rings. The molecule has 0 saturated carbocycles. The highest BCUT2D eigenvalue weighted by Crippen LogP contribution is 2.33. The molecule has 2 aromatic heterocycles. The Hall–Kier alpha value is -1.62. The highest BCUT2D eigenvalue weighted by Gasteiger charge is 2.22. The summed E-state index contributed by atoms with van der Waals surface area (Å²) in [5.41, 5.74) is 2.96. The minimum Gasteiger partial charge on any atom is -0.352 e. The number of nitrogens with one attached hydrogen (secondary N) is 2. The predicted octanol–water partition coefficient (Wildman–Crippen LogP) is 1.42. The average Bonchev–Trinajstić information content (AvgIpc) is 2.85. The number of H-pyrrole nitrogens is 1. The third kappa shape index (κ3) is 1.27. The van der Waals surface area contributed by atoms with Crippen molar-refractivity contribution in [2.24, 2.45) is 0 Å². The molecular formula is C10H9N3OS. The summed E-state index contributed by atoms with van der Waals surface area (Å²) in [5, 5.41) is 11.6. The number of amides is 1. The van der Waals surface area contributed by atoms with Crippen molar-refractivity contribution in [2.45, 2.75) is 6.42 Å². The summed E-state index contributed by atoms with van der Waals surface area (Å²) in [5.74, 6) is 0.0401. The van der Waals surface area contributed by atoms with E-state index in [0.29, 0.717) is 0 Å². The van der Waals surface area contributed by atoms with Crippen LogP contribution in [0.2, 0.25) is 0 Å². The second kappa shape index (κ2) is 3.20. The third-order valence-electron chi connectivity index (χ3n) is 2.54. The number of aromatic amines is 1. The maximum absolute atomic E-state index is 11.5. The second-order valence-electron chi connectivity index (χ2n) is 3.43. The molecule has 76 valence electrons. The van der Waals surface area contributed by atoms with E-state index in [1.807, 2.05) is 11.4 Å². The van der Waals surface area contributed by atoms with Crippen molar-refractivity contribution in [1.82, 2.24) is 15.5 Å². The van der Waals surface area contributed by atoms with E-state index >= 15 is 0 Å². The van der Waals surface area contributed by atoms with Gasteiger partial charge in [-0.2, -0.15) is 5.10 Å². The van der Waals surface area contributed by atoms with Crippen molar-refractivity contribution in [3.63, 3.8) is 0 Å². The van der Waals surface area contributed by atoms with Gasteiger partial charge in [0.15, 0.2) is 0 Å². The van der Waals surface area contributed by atoms with Crippen molar-refractivity contribution in [3.05, 3.63) is 28.8 Å². The van der Waals surface area contributed by atoms with Gasteiger partial charge in [-0.1, -0.05) is 0 Å². The van der Waals surface area contributed by atoms with Crippen molar-refractivity contribution < 1.29 is 4.79 Å². The van der Waals surface area contributed by atoms with Gasteiger partial charge in [-0.15, -0.1) is 11.3 Å². The number of hydrogen-bond donors (Lipinski definition) is 2. The normalized spacial score (nSPS) is 14.8. The summed E-state index contributed by atoms with van der Waals surface area (Å²) in [6.45, 7) is 0.726. The van der Waals surface area contributed by atoms with Crippen LogP contribution in [0.4, 0.5) is 0 Å². The molecule has 1 aliphatic heterocycles. The lowest BCUT2D eigenvalue weighted by molar-refractivity contribution is 0.0947. The van der Waals surface area contributed by atoms with E-state index in [4.69, 9.17) is 0 Å². The zero-order valence-electron chi connectivity index (χ0n) is 7.91. The largest absolute Gasteiger partial charge is 0.352 e. The van der Waals surface area contributed by atoms with Crippen LogP contribution in [0.3, 0.4) is 0 Å². The van der Waals surface area contributed by atoms with Gasteiger partial charge in [0.2, 0.25) is 0 Å². The Morgan fingerprint density at radius 2 is 2.40 bits per heavy atom. The molecule has 4 nitrogen and oxygen atoms in total. The highest BCUT2D eigenvalue weighted by molar-refractivity contribution is 7.14. The molecule has 5 heteroatoms. The molecule has 15 heavy (non-hydrogen) atoms. The molecule has 0 fully saturated rings. The van der Waals surface area contributed by atoms with E-state index in [1.165, 1.54) is 0 Å². The summed E-state index contributed by atoms with van der Waals surface area (Å²) in [4.78, 5) is 12.7. The lowest BCUT2D eigenvalue weighted by Crippen LogP contribution is -2.30. The fraction of sp³-hybridized carbons (Fsp3) is 0.200. The van der Waals surface area contributed by atoms with Crippen LogP contribution in [0.1, 0.15) is 15.9 Å². The van der Waals surface area contributed by atoms with E-state index in [9.17, 15) is 4.79 Å². The third-order valence-corrected chi connectivity index (χ3v) is 3.60. The fourth-order valence-electron chi connectivity index (χ4n) is 1.83. The van der Waals surface area contributed by atoms with E-state index < -0.39 is 0 Å². The molecule has 0 aromatic carbocycles. The number of hydrogen-bond acceptors (Lipinski definition) is 3. The van der Waals surface area contributed by atoms with Gasteiger partial charge in [0, 0.05) is 18.1 Å². The van der Waals surface area contributed by atoms with E-state index in [-0.39, 0.29) is 5.91 Å². The Kier molecular flexibility index (Phi) is 1.85. The molecular weight excluding hydrogens is 210 g/mol. The molecule has 3 heterocycles. The number of carbonyl (C=O) groups is 1. The van der Waals surface area contributed by atoms with Crippen molar-refractivity contribution in [1.29, 1.82) is 0 Å². The Labute approximate surface area is 90.3 Å². The van der Waals surface area contributed by atoms with Crippen LogP contribution in [0.5, 0.6) is 0 Å². The zero-order valence-corrected chi connectivity index (χ0v) is 8.73. The maximum atomic E-state index is 11.5. The lowest BCUT2D eigenvalue weighted by Gasteiger charge is -2.13. The molecule has 0 atom stereocenters. The Morgan fingerprint density at radius 3 is 3.20 bits per heavy atom. The molecule has 1 amide bonds. The van der Waals surface area contributed by atoms with Crippen LogP contribution in [-0.2, 0) is 6.42 Å². The highest BCUT2D eigenvalue weighted by atomic mass is 32.1. The molecule has 2 N–H and O–H groups in total. The monoisotopic (exact) mass is 219 g/mol. The second-order valence-corrected chi connectivity index (χ2v) is 4.31. The summed E-state index contributed by atoms with van der Waals surface area (Å²) in [6, 6.07) is 1.93. The number of thiophene rings is 1. The number of fused-ring (bicyclic) bond motifs is 1. The van der Waals surface area contributed by atoms with E-state index in [2.05, 4.69) is 15.5 Å². The standard InChI is InChI=1S/C10H9N3OS/c14-10-7-5-15-9(6(7)1-3-11-10)8-2-4-12-13-8/h2,4-5H,1,3H2,(H,11,14)(H,12,13). The van der Waals surface area contributed by atoms with Gasteiger partial charge in [-0.3, -0.25) is 9.89 Å². The number of aromatic nitrogens is 2. The van der Waals surface area contributed by atoms with Gasteiger partial charge in [0.05, 0.1) is 16.1 Å². The summed E-state index contributed by atoms with van der Waals surface area (Å²) < 4.78 is 0. The number of nitrogens with zero attached hydrogens (tertiary/aromatic N) is 1. The van der Waals surface area contributed by atoms with Crippen LogP contribution in [0.25, 0.3) is 10.6 Å². The maximum Gasteiger partial charge on any atom is 0.252 e. The fourth-order valence-corrected chi connectivity index (χ4v) is 2.91. The lowest BCUT2D eigenvalue weighted by atomic mass is 10.0. The van der Waals surface area contributed by atoms with Gasteiger partial charge in [0.25, 0.3) is 5.91 Å². The van der Waals surface area contributed by atoms with Crippen molar-refractivity contribution in [2.75, 3.05) is 6.54 Å². The van der Waals surface area contributed by atoms with Gasteiger partial charge in [-0.25, -0.2) is 0 Å². The van der Waals surface area contributed by atoms with Gasteiger partial charge < -0.3 is 5.32 Å². The molecule has 3 rings (SSSR count). The molecule has 0 radical (unpaired) electrons. The first-order chi connectivity index (χ1) is 7.36. The molecule has 0 spiro atoms. The average molecular weight is 219 g/mol. The summed E-state index contributed by atoms with van der Waals surface area (Å²) in [6.07, 6.45) is 2.63. The minimum absolute atomic E-state index is 0.0401. The Morgan fingerprint density at radius 1 is 1.47 bits per heavy atom. The summed E-state index contributed by atoms with van der Waals surface area (Å²) in [7, 11) is 0. The van der Waals surface area contributed by atoms with Crippen LogP contribution in [0, 0.1) is 0 Å². The summed E-state index contributed by atoms with van der Waals surface area (Å²) >= 11 is 1.59. The van der Waals surface area contributed by atoms with E-state index in [1.54, 1.807) is 17.5 Å². The van der Waals surface area contributed by atoms with Crippen LogP contribution < -0.4 is 5.32 Å². The molecule has 0 saturated heterocycles. The van der Waals surface area contributed by atoms with Gasteiger partial charge in [0.1, 0.15) is 0 Å². The Bertz CT molecular complexity index is 501. The first kappa shape index (κ1) is 8.67. The van der Waals surface area contributed by atoms with Crippen molar-refractivity contribution in [3.8, 4) is 10.6 Å². The quantitative estimate of drug-likeness (QED) is 0.762. The first-order valence-corrected chi connectivity index (χ1v) is 5.62. The van der Waals surface area contributed by atoms with Crippen LogP contribution in [0.15, 0.2) is 17.6 Å². The predicted molar refractivity (Wildman–Crippen MR) is 57.9 cm³/mol. The number of carbonyl (C=O) groups excluding carboxylic acids is 1. The SMILES string of the molecule is O=C1NCCc2c1csc2-c1ccn[nH]1. The zero-order chi connectivity index (χ0) is 10.3. The topological polar surface area (TPSA) is 57.8 Å². The minimum atomic E-state index is 0.0401. The number of rotatable bonds is 1. The molecule has 0 bridgehead atoms. The van der Waals surface area contributed by atoms with Crippen molar-refractivity contribution >= 4 is 17.2 Å². The van der Waals surface area contributed by atoms with Gasteiger partial charge in [-0.05, 0) is 18.1 Å². The van der Waals surface area contributed by atoms with Gasteiger partial charge >= 0.3 is 0 Å². The molecule has 0 unspecified atom stereocenters.